The Labute approximate surface area is 160 Å². The number of carbonyl (C=O) groups is 3. The number of halogens is 1. The molecule has 0 aromatic heterocycles. The first-order valence-electron chi connectivity index (χ1n) is 8.04. The molecule has 0 spiro atoms. The smallest absolute Gasteiger partial charge is 0.338 e. The van der Waals surface area contributed by atoms with E-state index in [1.807, 2.05) is 20.8 Å². The molecule has 0 unspecified atom stereocenters. The molecule has 136 valence electrons. The van der Waals surface area contributed by atoms with Gasteiger partial charge >= 0.3 is 5.97 Å². The second-order valence-electron chi connectivity index (χ2n) is 6.79. The molecule has 2 aromatic rings. The zero-order valence-electron chi connectivity index (χ0n) is 14.8. The largest absolute Gasteiger partial charge is 0.454 e. The van der Waals surface area contributed by atoms with E-state index in [1.54, 1.807) is 48.5 Å². The molecule has 0 aliphatic rings. The van der Waals surface area contributed by atoms with Crippen molar-refractivity contribution in [2.75, 3.05) is 11.9 Å². The Bertz CT molecular complexity index is 822. The van der Waals surface area contributed by atoms with Crippen LogP contribution in [0.15, 0.2) is 53.0 Å². The van der Waals surface area contributed by atoms with Gasteiger partial charge in [0.15, 0.2) is 12.4 Å². The van der Waals surface area contributed by atoms with Crippen LogP contribution in [0.2, 0.25) is 0 Å². The number of benzene rings is 2. The standard InChI is InChI=1S/C20H20BrNO4/c1-20(2,3)19(25)22-16-9-7-13(8-10-16)17(23)12-26-18(24)14-5-4-6-15(21)11-14/h4-11H,12H2,1-3H3,(H,22,25). The van der Waals surface area contributed by atoms with Gasteiger partial charge in [-0.1, -0.05) is 42.8 Å². The molecule has 0 aliphatic carbocycles. The lowest BCUT2D eigenvalue weighted by Gasteiger charge is -2.17. The minimum Gasteiger partial charge on any atom is -0.454 e. The molecule has 0 atom stereocenters. The third kappa shape index (κ3) is 5.52. The molecule has 1 N–H and O–H groups in total. The highest BCUT2D eigenvalue weighted by atomic mass is 79.9. The van der Waals surface area contributed by atoms with Crippen LogP contribution in [0.5, 0.6) is 0 Å². The summed E-state index contributed by atoms with van der Waals surface area (Å²) in [5, 5.41) is 2.78. The van der Waals surface area contributed by atoms with Crippen LogP contribution in [0.1, 0.15) is 41.5 Å². The van der Waals surface area contributed by atoms with Crippen LogP contribution in [0.3, 0.4) is 0 Å². The summed E-state index contributed by atoms with van der Waals surface area (Å²) in [7, 11) is 0. The third-order valence-electron chi connectivity index (χ3n) is 3.54. The van der Waals surface area contributed by atoms with E-state index in [1.165, 1.54) is 0 Å². The number of ether oxygens (including phenoxy) is 1. The van der Waals surface area contributed by atoms with E-state index in [-0.39, 0.29) is 18.3 Å². The molecule has 6 heteroatoms. The molecule has 5 nitrogen and oxygen atoms in total. The first-order chi connectivity index (χ1) is 12.2. The van der Waals surface area contributed by atoms with Crippen molar-refractivity contribution in [1.29, 1.82) is 0 Å². The van der Waals surface area contributed by atoms with E-state index in [9.17, 15) is 14.4 Å². The van der Waals surface area contributed by atoms with Crippen molar-refractivity contribution in [2.24, 2.45) is 5.41 Å². The molecule has 1 amide bonds. The molecule has 26 heavy (non-hydrogen) atoms. The average molecular weight is 418 g/mol. The summed E-state index contributed by atoms with van der Waals surface area (Å²) < 4.78 is 5.82. The van der Waals surface area contributed by atoms with Gasteiger partial charge in [0, 0.05) is 21.1 Å². The van der Waals surface area contributed by atoms with Crippen molar-refractivity contribution in [2.45, 2.75) is 20.8 Å². The fourth-order valence-corrected chi connectivity index (χ4v) is 2.37. The zero-order valence-corrected chi connectivity index (χ0v) is 16.4. The molecule has 2 rings (SSSR count). The van der Waals surface area contributed by atoms with Gasteiger partial charge in [-0.25, -0.2) is 4.79 Å². The molecular formula is C20H20BrNO4. The number of amides is 1. The number of carbonyl (C=O) groups excluding carboxylic acids is 3. The molecule has 0 aliphatic heterocycles. The van der Waals surface area contributed by atoms with Gasteiger partial charge in [-0.3, -0.25) is 9.59 Å². The number of nitrogens with one attached hydrogen (secondary N) is 1. The molecule has 0 heterocycles. The fraction of sp³-hybridized carbons (Fsp3) is 0.250. The van der Waals surface area contributed by atoms with Gasteiger partial charge in [0.05, 0.1) is 5.56 Å². The summed E-state index contributed by atoms with van der Waals surface area (Å²) in [6.45, 7) is 5.11. The van der Waals surface area contributed by atoms with Gasteiger partial charge in [-0.2, -0.15) is 0 Å². The first kappa shape index (κ1) is 19.8. The predicted molar refractivity (Wildman–Crippen MR) is 103 cm³/mol. The maximum Gasteiger partial charge on any atom is 0.338 e. The number of rotatable bonds is 5. The summed E-state index contributed by atoms with van der Waals surface area (Å²) in [5.74, 6) is -0.990. The number of ketones is 1. The third-order valence-corrected chi connectivity index (χ3v) is 4.03. The SMILES string of the molecule is CC(C)(C)C(=O)Nc1ccc(C(=O)COC(=O)c2cccc(Br)c2)cc1. The van der Waals surface area contributed by atoms with Crippen molar-refractivity contribution < 1.29 is 19.1 Å². The summed E-state index contributed by atoms with van der Waals surface area (Å²) in [6.07, 6.45) is 0. The Kier molecular flexibility index (Phi) is 6.32. The van der Waals surface area contributed by atoms with Crippen LogP contribution in [0.25, 0.3) is 0 Å². The zero-order chi connectivity index (χ0) is 19.3. The van der Waals surface area contributed by atoms with Crippen molar-refractivity contribution in [3.63, 3.8) is 0 Å². The Balaban J connectivity index is 1.93. The molecule has 0 bridgehead atoms. The summed E-state index contributed by atoms with van der Waals surface area (Å²) in [5.41, 5.74) is 0.871. The van der Waals surface area contributed by atoms with Crippen LogP contribution in [0.4, 0.5) is 5.69 Å². The topological polar surface area (TPSA) is 72.5 Å². The minimum atomic E-state index is -0.561. The second kappa shape index (κ2) is 8.27. The lowest BCUT2D eigenvalue weighted by molar-refractivity contribution is -0.123. The number of hydrogen-bond acceptors (Lipinski definition) is 4. The van der Waals surface area contributed by atoms with Crippen molar-refractivity contribution in [3.05, 3.63) is 64.1 Å². The van der Waals surface area contributed by atoms with Crippen LogP contribution < -0.4 is 5.32 Å². The van der Waals surface area contributed by atoms with Crippen LogP contribution >= 0.6 is 15.9 Å². The Morgan fingerprint density at radius 3 is 2.23 bits per heavy atom. The number of esters is 1. The predicted octanol–water partition coefficient (Wildman–Crippen LogP) is 4.47. The van der Waals surface area contributed by atoms with E-state index >= 15 is 0 Å². The minimum absolute atomic E-state index is 0.112. The van der Waals surface area contributed by atoms with Crippen LogP contribution in [-0.2, 0) is 9.53 Å². The van der Waals surface area contributed by atoms with Crippen molar-refractivity contribution in [3.8, 4) is 0 Å². The highest BCUT2D eigenvalue weighted by Gasteiger charge is 2.21. The average Bonchev–Trinajstić information content (AvgIpc) is 2.59. The first-order valence-corrected chi connectivity index (χ1v) is 8.83. The fourth-order valence-electron chi connectivity index (χ4n) is 1.97. The quantitative estimate of drug-likeness (QED) is 0.575. The maximum atomic E-state index is 12.2. The Morgan fingerprint density at radius 1 is 1.00 bits per heavy atom. The summed E-state index contributed by atoms with van der Waals surface area (Å²) >= 11 is 3.28. The van der Waals surface area contributed by atoms with Gasteiger partial charge in [-0.05, 0) is 42.5 Å². The Hall–Kier alpha value is -2.47. The van der Waals surface area contributed by atoms with Gasteiger partial charge < -0.3 is 10.1 Å². The van der Waals surface area contributed by atoms with E-state index in [2.05, 4.69) is 21.2 Å². The van der Waals surface area contributed by atoms with Gasteiger partial charge in [0.25, 0.3) is 0 Å². The number of anilines is 1. The monoisotopic (exact) mass is 417 g/mol. The van der Waals surface area contributed by atoms with Gasteiger partial charge in [0.2, 0.25) is 5.91 Å². The van der Waals surface area contributed by atoms with E-state index in [4.69, 9.17) is 4.74 Å². The summed E-state index contributed by atoms with van der Waals surface area (Å²) in [6, 6.07) is 13.2. The molecule has 0 saturated heterocycles. The van der Waals surface area contributed by atoms with Crippen LogP contribution in [-0.4, -0.2) is 24.3 Å². The molecule has 0 fully saturated rings. The molecular weight excluding hydrogens is 398 g/mol. The van der Waals surface area contributed by atoms with Gasteiger partial charge in [0.1, 0.15) is 0 Å². The van der Waals surface area contributed by atoms with E-state index < -0.39 is 11.4 Å². The molecule has 0 radical (unpaired) electrons. The van der Waals surface area contributed by atoms with Crippen molar-refractivity contribution in [1.82, 2.24) is 0 Å². The lowest BCUT2D eigenvalue weighted by atomic mass is 9.95. The van der Waals surface area contributed by atoms with E-state index in [0.717, 1.165) is 4.47 Å². The normalized spacial score (nSPS) is 10.9. The highest BCUT2D eigenvalue weighted by molar-refractivity contribution is 9.10. The Morgan fingerprint density at radius 2 is 1.65 bits per heavy atom. The number of Topliss-reactive ketones (excluding diaryl/α,β-unsaturated/α-hetero) is 1. The second-order valence-corrected chi connectivity index (χ2v) is 7.71. The lowest BCUT2D eigenvalue weighted by Crippen LogP contribution is -2.27. The maximum absolute atomic E-state index is 12.2. The van der Waals surface area contributed by atoms with Gasteiger partial charge in [-0.15, -0.1) is 0 Å². The number of hydrogen-bond donors (Lipinski definition) is 1. The van der Waals surface area contributed by atoms with E-state index in [0.29, 0.717) is 16.8 Å². The summed E-state index contributed by atoms with van der Waals surface area (Å²) in [4.78, 5) is 36.1. The molecule has 0 saturated carbocycles. The highest BCUT2D eigenvalue weighted by Crippen LogP contribution is 2.18. The van der Waals surface area contributed by atoms with Crippen molar-refractivity contribution >= 4 is 39.3 Å². The van der Waals surface area contributed by atoms with Crippen LogP contribution in [0, 0.1) is 5.41 Å². The molecule has 2 aromatic carbocycles.